The van der Waals surface area contributed by atoms with Crippen molar-refractivity contribution in [3.63, 3.8) is 0 Å². The fourth-order valence-electron chi connectivity index (χ4n) is 2.85. The van der Waals surface area contributed by atoms with Crippen LogP contribution in [-0.2, 0) is 19.6 Å². The van der Waals surface area contributed by atoms with Gasteiger partial charge in [0, 0.05) is 16.6 Å². The Hall–Kier alpha value is -2.19. The summed E-state index contributed by atoms with van der Waals surface area (Å²) in [6.07, 6.45) is 0.176. The summed E-state index contributed by atoms with van der Waals surface area (Å²) in [6.45, 7) is 1.88. The van der Waals surface area contributed by atoms with Crippen molar-refractivity contribution in [2.75, 3.05) is 5.32 Å². The number of hydrogen-bond acceptors (Lipinski definition) is 4. The molecule has 2 aromatic carbocycles. The predicted molar refractivity (Wildman–Crippen MR) is 101 cm³/mol. The minimum atomic E-state index is -4.07. The molecule has 1 aliphatic rings. The van der Waals surface area contributed by atoms with E-state index in [1.54, 1.807) is 36.4 Å². The lowest BCUT2D eigenvalue weighted by Crippen LogP contribution is -2.45. The van der Waals surface area contributed by atoms with E-state index < -0.39 is 27.9 Å². The van der Waals surface area contributed by atoms with Crippen molar-refractivity contribution in [2.24, 2.45) is 0 Å². The zero-order chi connectivity index (χ0) is 18.9. The number of hydrogen-bond donors (Lipinski definition) is 1. The van der Waals surface area contributed by atoms with Crippen molar-refractivity contribution in [3.8, 4) is 0 Å². The molecule has 8 heteroatoms. The van der Waals surface area contributed by atoms with Gasteiger partial charge >= 0.3 is 0 Å². The minimum absolute atomic E-state index is 0.00691. The number of carbonyl (C=O) groups excluding carboxylic acids is 2. The number of benzene rings is 2. The van der Waals surface area contributed by atoms with Gasteiger partial charge in [0.05, 0.1) is 4.90 Å². The molecule has 2 amide bonds. The maximum atomic E-state index is 12.8. The third kappa shape index (κ3) is 3.52. The molecule has 1 fully saturated rings. The molecule has 6 nitrogen and oxygen atoms in total. The SMILES string of the molecule is Cc1cc(NC(=O)C2CCC(=O)N2S(=O)(=O)c2ccccc2)ccc1Br. The molecule has 0 spiro atoms. The van der Waals surface area contributed by atoms with Crippen LogP contribution in [0.3, 0.4) is 0 Å². The van der Waals surface area contributed by atoms with Crippen LogP contribution in [0.5, 0.6) is 0 Å². The lowest BCUT2D eigenvalue weighted by Gasteiger charge is -2.23. The van der Waals surface area contributed by atoms with Gasteiger partial charge in [0.1, 0.15) is 6.04 Å². The van der Waals surface area contributed by atoms with E-state index in [4.69, 9.17) is 0 Å². The van der Waals surface area contributed by atoms with Gasteiger partial charge in [-0.15, -0.1) is 0 Å². The summed E-state index contributed by atoms with van der Waals surface area (Å²) in [6, 6.07) is 11.9. The molecule has 26 heavy (non-hydrogen) atoms. The van der Waals surface area contributed by atoms with E-state index in [-0.39, 0.29) is 17.7 Å². The molecule has 0 aromatic heterocycles. The second-order valence-corrected chi connectivity index (χ2v) is 8.68. The highest BCUT2D eigenvalue weighted by Gasteiger charge is 2.44. The van der Waals surface area contributed by atoms with Crippen LogP contribution in [0.1, 0.15) is 18.4 Å². The minimum Gasteiger partial charge on any atom is -0.324 e. The van der Waals surface area contributed by atoms with Gasteiger partial charge < -0.3 is 5.32 Å². The van der Waals surface area contributed by atoms with E-state index in [1.807, 2.05) is 6.92 Å². The van der Waals surface area contributed by atoms with Crippen molar-refractivity contribution in [3.05, 3.63) is 58.6 Å². The predicted octanol–water partition coefficient (Wildman–Crippen LogP) is 3.08. The normalized spacial score (nSPS) is 17.4. The van der Waals surface area contributed by atoms with Crippen molar-refractivity contribution in [1.82, 2.24) is 4.31 Å². The number of sulfonamides is 1. The van der Waals surface area contributed by atoms with Crippen molar-refractivity contribution in [1.29, 1.82) is 0 Å². The summed E-state index contributed by atoms with van der Waals surface area (Å²) in [7, 11) is -4.07. The van der Waals surface area contributed by atoms with Crippen LogP contribution in [0.25, 0.3) is 0 Å². The van der Waals surface area contributed by atoms with Crippen LogP contribution in [0.15, 0.2) is 57.9 Å². The van der Waals surface area contributed by atoms with Crippen LogP contribution in [0.4, 0.5) is 5.69 Å². The summed E-state index contributed by atoms with van der Waals surface area (Å²) in [5.74, 6) is -1.09. The van der Waals surface area contributed by atoms with E-state index in [0.717, 1.165) is 10.0 Å². The molecule has 0 aliphatic carbocycles. The highest BCUT2D eigenvalue weighted by molar-refractivity contribution is 9.10. The van der Waals surface area contributed by atoms with Gasteiger partial charge in [0.15, 0.2) is 0 Å². The first-order valence-corrected chi connectivity index (χ1v) is 10.2. The van der Waals surface area contributed by atoms with Crippen molar-refractivity contribution < 1.29 is 18.0 Å². The van der Waals surface area contributed by atoms with Crippen LogP contribution in [0, 0.1) is 6.92 Å². The van der Waals surface area contributed by atoms with Crippen LogP contribution in [-0.4, -0.2) is 30.6 Å². The molecule has 3 rings (SSSR count). The first kappa shape index (κ1) is 18.6. The van der Waals surface area contributed by atoms with Crippen LogP contribution in [0.2, 0.25) is 0 Å². The van der Waals surface area contributed by atoms with Gasteiger partial charge in [-0.05, 0) is 49.2 Å². The number of aryl methyl sites for hydroxylation is 1. The molecule has 1 saturated heterocycles. The van der Waals surface area contributed by atoms with E-state index in [9.17, 15) is 18.0 Å². The fraction of sp³-hybridized carbons (Fsp3) is 0.222. The topological polar surface area (TPSA) is 83.6 Å². The largest absolute Gasteiger partial charge is 0.324 e. The molecule has 0 radical (unpaired) electrons. The van der Waals surface area contributed by atoms with Crippen molar-refractivity contribution >= 4 is 43.5 Å². The number of anilines is 1. The molecular weight excluding hydrogens is 420 g/mol. The van der Waals surface area contributed by atoms with E-state index in [1.165, 1.54) is 12.1 Å². The Bertz CT molecular complexity index is 960. The molecule has 1 aliphatic heterocycles. The molecule has 1 heterocycles. The first-order chi connectivity index (χ1) is 12.3. The highest BCUT2D eigenvalue weighted by atomic mass is 79.9. The summed E-state index contributed by atoms with van der Waals surface area (Å²) < 4.78 is 27.3. The number of halogens is 1. The maximum absolute atomic E-state index is 12.8. The summed E-state index contributed by atoms with van der Waals surface area (Å²) in [4.78, 5) is 24.9. The zero-order valence-electron chi connectivity index (χ0n) is 14.0. The Morgan fingerprint density at radius 2 is 1.88 bits per heavy atom. The number of rotatable bonds is 4. The molecule has 0 bridgehead atoms. The monoisotopic (exact) mass is 436 g/mol. The number of nitrogens with zero attached hydrogens (tertiary/aromatic N) is 1. The first-order valence-electron chi connectivity index (χ1n) is 8.00. The fourth-order valence-corrected chi connectivity index (χ4v) is 4.73. The Morgan fingerprint density at radius 3 is 2.54 bits per heavy atom. The summed E-state index contributed by atoms with van der Waals surface area (Å²) in [5, 5.41) is 2.71. The lowest BCUT2D eigenvalue weighted by atomic mass is 10.2. The van der Waals surface area contributed by atoms with Gasteiger partial charge in [0.25, 0.3) is 10.0 Å². The second kappa shape index (κ2) is 7.20. The Balaban J connectivity index is 1.87. The van der Waals surface area contributed by atoms with Crippen LogP contribution < -0.4 is 5.32 Å². The number of nitrogens with one attached hydrogen (secondary N) is 1. The standard InChI is InChI=1S/C18H17BrN2O4S/c1-12-11-13(7-8-15(12)19)20-18(23)16-9-10-17(22)21(16)26(24,25)14-5-3-2-4-6-14/h2-8,11,16H,9-10H2,1H3,(H,20,23). The Kier molecular flexibility index (Phi) is 5.15. The Labute approximate surface area is 160 Å². The van der Waals surface area contributed by atoms with Crippen molar-refractivity contribution in [2.45, 2.75) is 30.7 Å². The Morgan fingerprint density at radius 1 is 1.19 bits per heavy atom. The third-order valence-electron chi connectivity index (χ3n) is 4.19. The quantitative estimate of drug-likeness (QED) is 0.797. The van der Waals surface area contributed by atoms with Gasteiger partial charge in [-0.3, -0.25) is 9.59 Å². The van der Waals surface area contributed by atoms with Gasteiger partial charge in [-0.25, -0.2) is 12.7 Å². The molecule has 1 N–H and O–H groups in total. The molecule has 2 aromatic rings. The summed E-state index contributed by atoms with van der Waals surface area (Å²) >= 11 is 3.39. The van der Waals surface area contributed by atoms with E-state index in [2.05, 4.69) is 21.2 Å². The lowest BCUT2D eigenvalue weighted by molar-refractivity contribution is -0.128. The molecule has 1 unspecified atom stereocenters. The number of amides is 2. The maximum Gasteiger partial charge on any atom is 0.267 e. The average molecular weight is 437 g/mol. The van der Waals surface area contributed by atoms with Gasteiger partial charge in [-0.2, -0.15) is 0 Å². The van der Waals surface area contributed by atoms with Crippen LogP contribution >= 0.6 is 15.9 Å². The van der Waals surface area contributed by atoms with E-state index in [0.29, 0.717) is 9.99 Å². The molecular formula is C18H17BrN2O4S. The number of carbonyl (C=O) groups is 2. The zero-order valence-corrected chi connectivity index (χ0v) is 16.4. The second-order valence-electron chi connectivity index (χ2n) is 6.02. The highest BCUT2D eigenvalue weighted by Crippen LogP contribution is 2.28. The molecule has 136 valence electrons. The third-order valence-corrected chi connectivity index (χ3v) is 6.92. The summed E-state index contributed by atoms with van der Waals surface area (Å²) in [5.41, 5.74) is 1.48. The smallest absolute Gasteiger partial charge is 0.267 e. The average Bonchev–Trinajstić information content (AvgIpc) is 3.01. The van der Waals surface area contributed by atoms with Gasteiger partial charge in [0.2, 0.25) is 11.8 Å². The molecule has 0 saturated carbocycles. The molecule has 1 atom stereocenters. The van der Waals surface area contributed by atoms with Gasteiger partial charge in [-0.1, -0.05) is 34.1 Å². The van der Waals surface area contributed by atoms with E-state index >= 15 is 0 Å².